The zero-order valence-corrected chi connectivity index (χ0v) is 19.9. The fraction of sp³-hybridized carbons (Fsp3) is 0.542. The average molecular weight is 493 g/mol. The third kappa shape index (κ3) is 8.75. The lowest BCUT2D eigenvalue weighted by Crippen LogP contribution is -2.54. The topological polar surface area (TPSA) is 154 Å². The van der Waals surface area contributed by atoms with E-state index in [2.05, 4.69) is 21.3 Å². The number of rotatable bonds is 10. The molecule has 1 saturated heterocycles. The van der Waals surface area contributed by atoms with Gasteiger partial charge in [0.15, 0.2) is 5.78 Å². The maximum absolute atomic E-state index is 13.8. The molecule has 1 fully saturated rings. The third-order valence-electron chi connectivity index (χ3n) is 5.69. The molecule has 4 amide bonds. The highest BCUT2D eigenvalue weighted by Gasteiger charge is 2.32. The first kappa shape index (κ1) is 27.9. The molecular weight excluding hydrogens is 459 g/mol. The minimum absolute atomic E-state index is 0.00703. The van der Waals surface area contributed by atoms with Crippen LogP contribution in [0, 0.1) is 17.7 Å². The van der Waals surface area contributed by atoms with E-state index in [0.29, 0.717) is 13.0 Å². The van der Waals surface area contributed by atoms with Gasteiger partial charge in [0.25, 0.3) is 0 Å². The van der Waals surface area contributed by atoms with Gasteiger partial charge in [0, 0.05) is 12.5 Å². The van der Waals surface area contributed by atoms with Gasteiger partial charge in [-0.2, -0.15) is 0 Å². The Hall–Kier alpha value is -3.34. The van der Waals surface area contributed by atoms with Gasteiger partial charge in [0.05, 0.1) is 11.7 Å². The predicted molar refractivity (Wildman–Crippen MR) is 125 cm³/mol. The lowest BCUT2D eigenvalue weighted by molar-refractivity contribution is -0.138. The van der Waals surface area contributed by atoms with Crippen LogP contribution in [0.25, 0.3) is 0 Å². The van der Waals surface area contributed by atoms with Crippen LogP contribution in [0.5, 0.6) is 0 Å². The van der Waals surface area contributed by atoms with Gasteiger partial charge in [-0.1, -0.05) is 32.4 Å². The number of Topliss-reactive ketones (excluding diaryl/α,β-unsaturated/α-hetero) is 1. The Balaban J connectivity index is 2.10. The molecule has 0 aromatic heterocycles. The van der Waals surface area contributed by atoms with Crippen molar-refractivity contribution in [1.29, 1.82) is 0 Å². The Kier molecular flexibility index (Phi) is 10.8. The molecule has 0 radical (unpaired) electrons. The highest BCUT2D eigenvalue weighted by atomic mass is 19.1. The molecule has 35 heavy (non-hydrogen) atoms. The van der Waals surface area contributed by atoms with Crippen molar-refractivity contribution in [2.45, 2.75) is 58.0 Å². The summed E-state index contributed by atoms with van der Waals surface area (Å²) < 4.78 is 13.8. The number of carbonyl (C=O) groups is 5. The first-order chi connectivity index (χ1) is 16.6. The van der Waals surface area contributed by atoms with Crippen molar-refractivity contribution in [2.24, 2.45) is 11.8 Å². The number of para-hydroxylation sites is 1. The summed E-state index contributed by atoms with van der Waals surface area (Å²) in [5.74, 6) is -5.23. The second-order valence-corrected chi connectivity index (χ2v) is 8.99. The van der Waals surface area contributed by atoms with Crippen molar-refractivity contribution in [3.8, 4) is 0 Å². The van der Waals surface area contributed by atoms with Crippen LogP contribution in [0.4, 0.5) is 10.1 Å². The third-order valence-corrected chi connectivity index (χ3v) is 5.69. The number of hydrogen-bond acceptors (Lipinski definition) is 6. The van der Waals surface area contributed by atoms with Gasteiger partial charge >= 0.3 is 11.8 Å². The van der Waals surface area contributed by atoms with Gasteiger partial charge < -0.3 is 26.4 Å². The van der Waals surface area contributed by atoms with Gasteiger partial charge in [0.1, 0.15) is 18.5 Å². The van der Waals surface area contributed by atoms with Crippen LogP contribution < -0.4 is 21.3 Å². The zero-order valence-electron chi connectivity index (χ0n) is 19.9. The van der Waals surface area contributed by atoms with Crippen LogP contribution in [0.15, 0.2) is 24.3 Å². The largest absolute Gasteiger partial charge is 0.389 e. The highest BCUT2D eigenvalue weighted by Crippen LogP contribution is 2.19. The maximum atomic E-state index is 13.8. The van der Waals surface area contributed by atoms with Crippen LogP contribution in [0.1, 0.15) is 46.0 Å². The van der Waals surface area contributed by atoms with E-state index in [0.717, 1.165) is 18.9 Å². The van der Waals surface area contributed by atoms with Crippen molar-refractivity contribution < 1.29 is 33.5 Å². The summed E-state index contributed by atoms with van der Waals surface area (Å²) in [5.41, 5.74) is -0.187. The van der Waals surface area contributed by atoms with Gasteiger partial charge in [0.2, 0.25) is 11.8 Å². The van der Waals surface area contributed by atoms with Crippen molar-refractivity contribution in [3.63, 3.8) is 0 Å². The van der Waals surface area contributed by atoms with E-state index in [1.807, 2.05) is 0 Å². The molecule has 1 aliphatic rings. The van der Waals surface area contributed by atoms with Crippen molar-refractivity contribution in [2.75, 3.05) is 18.5 Å². The molecule has 0 unspecified atom stereocenters. The lowest BCUT2D eigenvalue weighted by Gasteiger charge is -2.25. The highest BCUT2D eigenvalue weighted by molar-refractivity contribution is 6.40. The number of anilines is 1. The Labute approximate surface area is 203 Å². The summed E-state index contributed by atoms with van der Waals surface area (Å²) in [7, 11) is 0. The first-order valence-electron chi connectivity index (χ1n) is 11.7. The molecule has 0 spiro atoms. The predicted octanol–water partition coefficient (Wildman–Crippen LogP) is 0.648. The molecule has 11 heteroatoms. The number of benzene rings is 1. The van der Waals surface area contributed by atoms with Gasteiger partial charge in [-0.3, -0.25) is 24.0 Å². The molecule has 0 bridgehead atoms. The number of nitrogens with one attached hydrogen (secondary N) is 4. The fourth-order valence-corrected chi connectivity index (χ4v) is 3.83. The number of amides is 4. The number of carbonyl (C=O) groups excluding carboxylic acids is 5. The summed E-state index contributed by atoms with van der Waals surface area (Å²) in [6, 6.07) is 3.00. The van der Waals surface area contributed by atoms with E-state index >= 15 is 0 Å². The molecule has 1 aromatic rings. The Morgan fingerprint density at radius 3 is 2.46 bits per heavy atom. The molecule has 1 aromatic carbocycles. The number of hydrogen-bond donors (Lipinski definition) is 5. The molecule has 3 atom stereocenters. The van der Waals surface area contributed by atoms with Gasteiger partial charge in [-0.25, -0.2) is 4.39 Å². The normalized spacial score (nSPS) is 17.5. The number of aliphatic hydroxyl groups is 1. The SMILES string of the molecule is CC(C)C[C@H](NC(=O)C(=O)Nc1ccccc1F)C(=O)N[C@@H](C[C@@H]1CCCCNC1=O)C(=O)CO. The summed E-state index contributed by atoms with van der Waals surface area (Å²) >= 11 is 0. The standard InChI is InChI=1S/C24H33FN4O6/c1-14(2)11-19(29-24(35)23(34)27-17-9-4-3-8-16(17)25)22(33)28-18(20(31)13-30)12-15-7-5-6-10-26-21(15)32/h3-4,8-9,14-15,18-19,30H,5-7,10-13H2,1-2H3,(H,26,32)(H,27,34)(H,28,33)(H,29,35)/t15-,18-,19-/m0/s1. The van der Waals surface area contributed by atoms with E-state index in [9.17, 15) is 33.5 Å². The summed E-state index contributed by atoms with van der Waals surface area (Å²) in [5, 5.41) is 19.2. The fourth-order valence-electron chi connectivity index (χ4n) is 3.83. The second-order valence-electron chi connectivity index (χ2n) is 8.99. The number of aliphatic hydroxyl groups excluding tert-OH is 1. The van der Waals surface area contributed by atoms with Crippen molar-refractivity contribution >= 4 is 35.1 Å². The number of halogens is 1. The Morgan fingerprint density at radius 2 is 1.80 bits per heavy atom. The van der Waals surface area contributed by atoms with Crippen LogP contribution >= 0.6 is 0 Å². The maximum Gasteiger partial charge on any atom is 0.313 e. The monoisotopic (exact) mass is 492 g/mol. The summed E-state index contributed by atoms with van der Waals surface area (Å²) in [6.07, 6.45) is 2.28. The molecule has 1 heterocycles. The van der Waals surface area contributed by atoms with E-state index in [4.69, 9.17) is 0 Å². The van der Waals surface area contributed by atoms with Gasteiger partial charge in [-0.05, 0) is 43.7 Å². The molecule has 2 rings (SSSR count). The van der Waals surface area contributed by atoms with Gasteiger partial charge in [-0.15, -0.1) is 0 Å². The molecule has 192 valence electrons. The minimum atomic E-state index is -1.18. The zero-order chi connectivity index (χ0) is 26.0. The smallest absolute Gasteiger partial charge is 0.313 e. The number of ketones is 1. The molecule has 10 nitrogen and oxygen atoms in total. The van der Waals surface area contributed by atoms with E-state index < -0.39 is 53.9 Å². The molecule has 5 N–H and O–H groups in total. The van der Waals surface area contributed by atoms with E-state index in [1.54, 1.807) is 13.8 Å². The lowest BCUT2D eigenvalue weighted by atomic mass is 9.92. The summed E-state index contributed by atoms with van der Waals surface area (Å²) in [6.45, 7) is 3.32. The van der Waals surface area contributed by atoms with Crippen LogP contribution in [-0.4, -0.2) is 59.8 Å². The average Bonchev–Trinajstić information content (AvgIpc) is 3.02. The minimum Gasteiger partial charge on any atom is -0.389 e. The quantitative estimate of drug-likeness (QED) is 0.302. The van der Waals surface area contributed by atoms with Crippen LogP contribution in [0.3, 0.4) is 0 Å². The van der Waals surface area contributed by atoms with Crippen LogP contribution in [-0.2, 0) is 24.0 Å². The first-order valence-corrected chi connectivity index (χ1v) is 11.7. The Morgan fingerprint density at radius 1 is 1.09 bits per heavy atom. The molecule has 0 saturated carbocycles. The molecule has 0 aliphatic carbocycles. The van der Waals surface area contributed by atoms with E-state index in [-0.39, 0.29) is 30.4 Å². The Bertz CT molecular complexity index is 938. The van der Waals surface area contributed by atoms with Crippen molar-refractivity contribution in [1.82, 2.24) is 16.0 Å². The molecule has 1 aliphatic heterocycles. The summed E-state index contributed by atoms with van der Waals surface area (Å²) in [4.78, 5) is 62.4. The molecular formula is C24H33FN4O6. The second kappa shape index (κ2) is 13.5. The van der Waals surface area contributed by atoms with E-state index in [1.165, 1.54) is 18.2 Å². The van der Waals surface area contributed by atoms with Crippen LogP contribution in [0.2, 0.25) is 0 Å². The van der Waals surface area contributed by atoms with Crippen molar-refractivity contribution in [3.05, 3.63) is 30.1 Å².